The summed E-state index contributed by atoms with van der Waals surface area (Å²) in [5, 5.41) is 56.9. The smallest absolute Gasteiger partial charge is 0.306 e. The van der Waals surface area contributed by atoms with Gasteiger partial charge in [0, 0.05) is 6.42 Å². The number of nitrogens with one attached hydrogen (secondary N) is 1. The molecule has 0 spiro atoms. The van der Waals surface area contributed by atoms with Crippen LogP contribution in [-0.4, -0.2) is 99.6 Å². The highest BCUT2D eigenvalue weighted by molar-refractivity contribution is 5.80. The standard InChI is InChI=1S/C62H117NO10/c1-4-7-10-13-16-19-22-25-26-27-28-29-32-34-37-40-43-46-49-55(66)61(70)63-53(54(65)48-45-42-39-36-33-30-23-20-17-14-11-8-5-2)52-71-62-60(59(69)58(68)56(51-64)72-62)73-57(67)50-47-44-41-38-35-31-24-21-18-15-12-9-6-3/h25-26,45,48,53-56,58-60,62,64-66,68-69H,4-24,27-44,46-47,49-52H2,1-3H3,(H,63,70)/b26-25+,48-45+. The molecule has 8 unspecified atom stereocenters. The summed E-state index contributed by atoms with van der Waals surface area (Å²) < 4.78 is 17.6. The second-order valence-corrected chi connectivity index (χ2v) is 21.8. The lowest BCUT2D eigenvalue weighted by molar-refractivity contribution is -0.305. The fraction of sp³-hybridized carbons (Fsp3) is 0.903. The Morgan fingerprint density at radius 1 is 0.521 bits per heavy atom. The van der Waals surface area contributed by atoms with Gasteiger partial charge in [0.1, 0.15) is 24.4 Å². The molecule has 1 amide bonds. The zero-order valence-corrected chi connectivity index (χ0v) is 47.5. The molecule has 0 aliphatic carbocycles. The molecule has 73 heavy (non-hydrogen) atoms. The maximum absolute atomic E-state index is 13.4. The van der Waals surface area contributed by atoms with E-state index in [1.165, 1.54) is 186 Å². The predicted molar refractivity (Wildman–Crippen MR) is 301 cm³/mol. The molecular formula is C62H117NO10. The lowest BCUT2D eigenvalue weighted by Crippen LogP contribution is -2.61. The molecule has 0 aromatic rings. The second kappa shape index (κ2) is 50.9. The van der Waals surface area contributed by atoms with Crippen molar-refractivity contribution >= 4 is 11.9 Å². The van der Waals surface area contributed by atoms with Gasteiger partial charge in [-0.05, 0) is 51.4 Å². The van der Waals surface area contributed by atoms with Gasteiger partial charge in [-0.25, -0.2) is 0 Å². The maximum Gasteiger partial charge on any atom is 0.306 e. The molecule has 1 aliphatic heterocycles. The molecule has 11 nitrogen and oxygen atoms in total. The number of aliphatic hydroxyl groups is 5. The van der Waals surface area contributed by atoms with Crippen LogP contribution >= 0.6 is 0 Å². The summed E-state index contributed by atoms with van der Waals surface area (Å²) in [4.78, 5) is 26.5. The first-order valence-corrected chi connectivity index (χ1v) is 31.1. The van der Waals surface area contributed by atoms with Gasteiger partial charge >= 0.3 is 5.97 Å². The van der Waals surface area contributed by atoms with Crippen LogP contribution in [-0.2, 0) is 23.8 Å². The van der Waals surface area contributed by atoms with Crippen molar-refractivity contribution in [1.29, 1.82) is 0 Å². The van der Waals surface area contributed by atoms with Crippen LogP contribution in [0.25, 0.3) is 0 Å². The maximum atomic E-state index is 13.4. The summed E-state index contributed by atoms with van der Waals surface area (Å²) in [5.41, 5.74) is 0. The normalized spacial score (nSPS) is 19.5. The Morgan fingerprint density at radius 2 is 0.904 bits per heavy atom. The first kappa shape index (κ1) is 69.2. The average molecular weight is 1040 g/mol. The van der Waals surface area contributed by atoms with Crippen LogP contribution in [0.4, 0.5) is 0 Å². The number of carbonyl (C=O) groups excluding carboxylic acids is 2. The lowest BCUT2D eigenvalue weighted by atomic mass is 9.99. The molecule has 1 aliphatic rings. The van der Waals surface area contributed by atoms with E-state index in [9.17, 15) is 35.1 Å². The Hall–Kier alpha value is -1.86. The van der Waals surface area contributed by atoms with E-state index in [1.54, 1.807) is 6.08 Å². The summed E-state index contributed by atoms with van der Waals surface area (Å²) in [6.07, 6.45) is 47.8. The van der Waals surface area contributed by atoms with Gasteiger partial charge in [0.15, 0.2) is 12.4 Å². The quantitative estimate of drug-likeness (QED) is 0.0195. The molecule has 0 saturated carbocycles. The summed E-state index contributed by atoms with van der Waals surface area (Å²) in [6.45, 7) is 5.80. The van der Waals surface area contributed by atoms with Gasteiger partial charge in [-0.1, -0.05) is 263 Å². The van der Waals surface area contributed by atoms with Crippen molar-refractivity contribution in [3.8, 4) is 0 Å². The highest BCUT2D eigenvalue weighted by Gasteiger charge is 2.47. The van der Waals surface area contributed by atoms with E-state index in [0.29, 0.717) is 19.3 Å². The van der Waals surface area contributed by atoms with Crippen molar-refractivity contribution in [2.45, 2.75) is 346 Å². The molecule has 1 saturated heterocycles. The zero-order valence-electron chi connectivity index (χ0n) is 47.5. The van der Waals surface area contributed by atoms with Crippen molar-refractivity contribution in [3.05, 3.63) is 24.3 Å². The number of rotatable bonds is 53. The molecule has 0 radical (unpaired) electrons. The van der Waals surface area contributed by atoms with Crippen LogP contribution in [0.5, 0.6) is 0 Å². The van der Waals surface area contributed by atoms with Crippen molar-refractivity contribution in [2.24, 2.45) is 0 Å². The Morgan fingerprint density at radius 3 is 1.33 bits per heavy atom. The topological polar surface area (TPSA) is 175 Å². The third-order valence-corrected chi connectivity index (χ3v) is 14.9. The van der Waals surface area contributed by atoms with Gasteiger partial charge in [-0.2, -0.15) is 0 Å². The third kappa shape index (κ3) is 39.2. The number of carbonyl (C=O) groups is 2. The van der Waals surface area contributed by atoms with Crippen LogP contribution in [0.15, 0.2) is 24.3 Å². The second-order valence-electron chi connectivity index (χ2n) is 21.8. The highest BCUT2D eigenvalue weighted by Crippen LogP contribution is 2.26. The van der Waals surface area contributed by atoms with Crippen molar-refractivity contribution < 1.29 is 49.3 Å². The van der Waals surface area contributed by atoms with E-state index in [1.807, 2.05) is 6.08 Å². The summed E-state index contributed by atoms with van der Waals surface area (Å²) in [7, 11) is 0. The van der Waals surface area contributed by atoms with E-state index in [2.05, 4.69) is 38.2 Å². The molecule has 1 rings (SSSR count). The number of hydrogen-bond donors (Lipinski definition) is 6. The molecule has 1 fully saturated rings. The number of hydrogen-bond acceptors (Lipinski definition) is 10. The van der Waals surface area contributed by atoms with Crippen molar-refractivity contribution in [1.82, 2.24) is 5.32 Å². The van der Waals surface area contributed by atoms with Crippen LogP contribution in [0, 0.1) is 0 Å². The number of allylic oxidation sites excluding steroid dienone is 3. The van der Waals surface area contributed by atoms with Crippen LogP contribution < -0.4 is 5.32 Å². The number of esters is 1. The Balaban J connectivity index is 2.69. The molecule has 0 aromatic heterocycles. The number of aliphatic hydroxyl groups excluding tert-OH is 5. The number of amides is 1. The van der Waals surface area contributed by atoms with Gasteiger partial charge in [0.05, 0.1) is 25.4 Å². The van der Waals surface area contributed by atoms with E-state index in [-0.39, 0.29) is 13.0 Å². The fourth-order valence-corrected chi connectivity index (χ4v) is 9.88. The van der Waals surface area contributed by atoms with Crippen LogP contribution in [0.3, 0.4) is 0 Å². The molecule has 8 atom stereocenters. The largest absolute Gasteiger partial charge is 0.454 e. The SMILES string of the molecule is CCCCCCCC/C=C/CCCCCCCCCCC(O)C(=O)NC(COC1OC(CO)C(O)C(O)C1OC(=O)CCCCCCCCCCCCCCC)C(O)/C=C/CCCCCCCCCCCCC. The first-order valence-electron chi connectivity index (χ1n) is 31.1. The summed E-state index contributed by atoms with van der Waals surface area (Å²) in [5.74, 6) is -1.18. The molecule has 0 aromatic carbocycles. The highest BCUT2D eigenvalue weighted by atomic mass is 16.7. The fourth-order valence-electron chi connectivity index (χ4n) is 9.88. The molecular weight excluding hydrogens is 919 g/mol. The molecule has 0 bridgehead atoms. The molecule has 6 N–H and O–H groups in total. The van der Waals surface area contributed by atoms with Gasteiger partial charge in [-0.15, -0.1) is 0 Å². The molecule has 11 heteroatoms. The van der Waals surface area contributed by atoms with E-state index < -0.39 is 67.4 Å². The molecule has 430 valence electrons. The lowest BCUT2D eigenvalue weighted by Gasteiger charge is -2.41. The van der Waals surface area contributed by atoms with E-state index in [4.69, 9.17) is 14.2 Å². The van der Waals surface area contributed by atoms with Crippen molar-refractivity contribution in [3.63, 3.8) is 0 Å². The van der Waals surface area contributed by atoms with Crippen LogP contribution in [0.2, 0.25) is 0 Å². The third-order valence-electron chi connectivity index (χ3n) is 14.9. The first-order chi connectivity index (χ1) is 35.7. The minimum absolute atomic E-state index is 0.129. The summed E-state index contributed by atoms with van der Waals surface area (Å²) in [6, 6.07) is -1.02. The minimum atomic E-state index is -1.61. The Labute approximate surface area is 448 Å². The average Bonchev–Trinajstić information content (AvgIpc) is 3.39. The van der Waals surface area contributed by atoms with E-state index in [0.717, 1.165) is 64.2 Å². The van der Waals surface area contributed by atoms with E-state index >= 15 is 0 Å². The zero-order chi connectivity index (χ0) is 53.3. The monoisotopic (exact) mass is 1040 g/mol. The molecule has 1 heterocycles. The summed E-state index contributed by atoms with van der Waals surface area (Å²) >= 11 is 0. The Bertz CT molecular complexity index is 1280. The number of unbranched alkanes of at least 4 members (excludes halogenated alkanes) is 37. The predicted octanol–water partition coefficient (Wildman–Crippen LogP) is 14.5. The van der Waals surface area contributed by atoms with Gasteiger partial charge in [0.25, 0.3) is 0 Å². The number of ether oxygens (including phenoxy) is 3. The van der Waals surface area contributed by atoms with Gasteiger partial charge in [-0.3, -0.25) is 9.59 Å². The van der Waals surface area contributed by atoms with Gasteiger partial charge in [0.2, 0.25) is 5.91 Å². The van der Waals surface area contributed by atoms with Crippen molar-refractivity contribution in [2.75, 3.05) is 13.2 Å². The van der Waals surface area contributed by atoms with Crippen LogP contribution in [0.1, 0.15) is 297 Å². The minimum Gasteiger partial charge on any atom is -0.454 e. The Kier molecular flexibility index (Phi) is 48.2. The van der Waals surface area contributed by atoms with Gasteiger partial charge < -0.3 is 45.1 Å².